The van der Waals surface area contributed by atoms with Crippen molar-refractivity contribution in [1.29, 1.82) is 0 Å². The average molecular weight is 224 g/mol. The highest BCUT2D eigenvalue weighted by Gasteiger charge is 2.07. The lowest BCUT2D eigenvalue weighted by atomic mass is 10.0. The van der Waals surface area contributed by atoms with Gasteiger partial charge in [-0.15, -0.1) is 0 Å². The Labute approximate surface area is 98.3 Å². The SMILES string of the molecule is Nc1cccc(N)c1-c1ccc2nc[nH]c2c1. The van der Waals surface area contributed by atoms with Gasteiger partial charge >= 0.3 is 0 Å². The molecule has 4 nitrogen and oxygen atoms in total. The lowest BCUT2D eigenvalue weighted by Gasteiger charge is -2.09. The summed E-state index contributed by atoms with van der Waals surface area (Å²) in [6.45, 7) is 0. The predicted molar refractivity (Wildman–Crippen MR) is 70.4 cm³/mol. The Morgan fingerprint density at radius 3 is 2.53 bits per heavy atom. The Bertz CT molecular complexity index is 664. The first kappa shape index (κ1) is 9.72. The minimum atomic E-state index is 0.684. The van der Waals surface area contributed by atoms with E-state index in [2.05, 4.69) is 9.97 Å². The van der Waals surface area contributed by atoms with E-state index in [1.54, 1.807) is 6.33 Å². The lowest BCUT2D eigenvalue weighted by molar-refractivity contribution is 1.34. The van der Waals surface area contributed by atoms with Gasteiger partial charge in [0.2, 0.25) is 0 Å². The van der Waals surface area contributed by atoms with Crippen molar-refractivity contribution < 1.29 is 0 Å². The van der Waals surface area contributed by atoms with E-state index in [1.807, 2.05) is 36.4 Å². The van der Waals surface area contributed by atoms with Crippen LogP contribution in [0.4, 0.5) is 11.4 Å². The van der Waals surface area contributed by atoms with E-state index >= 15 is 0 Å². The van der Waals surface area contributed by atoms with E-state index in [0.717, 1.165) is 22.2 Å². The lowest BCUT2D eigenvalue weighted by Crippen LogP contribution is -1.95. The number of hydrogen-bond acceptors (Lipinski definition) is 3. The van der Waals surface area contributed by atoms with Crippen LogP contribution >= 0.6 is 0 Å². The number of benzene rings is 2. The van der Waals surface area contributed by atoms with Crippen LogP contribution in [-0.2, 0) is 0 Å². The van der Waals surface area contributed by atoms with Crippen LogP contribution in [-0.4, -0.2) is 9.97 Å². The molecule has 0 amide bonds. The highest BCUT2D eigenvalue weighted by molar-refractivity contribution is 5.90. The van der Waals surface area contributed by atoms with Crippen molar-refractivity contribution >= 4 is 22.4 Å². The molecular formula is C13H12N4. The molecule has 0 bridgehead atoms. The molecule has 0 unspecified atom stereocenters. The number of anilines is 2. The zero-order valence-corrected chi connectivity index (χ0v) is 9.14. The highest BCUT2D eigenvalue weighted by atomic mass is 14.9. The first-order valence-corrected chi connectivity index (χ1v) is 5.33. The summed E-state index contributed by atoms with van der Waals surface area (Å²) in [4.78, 5) is 7.26. The molecule has 0 atom stereocenters. The number of imidazole rings is 1. The molecule has 0 aliphatic carbocycles. The van der Waals surface area contributed by atoms with Gasteiger partial charge in [-0.25, -0.2) is 4.98 Å². The number of nitrogen functional groups attached to an aromatic ring is 2. The topological polar surface area (TPSA) is 80.7 Å². The smallest absolute Gasteiger partial charge is 0.0931 e. The second kappa shape index (κ2) is 3.52. The van der Waals surface area contributed by atoms with Crippen molar-refractivity contribution in [2.24, 2.45) is 0 Å². The minimum Gasteiger partial charge on any atom is -0.398 e. The van der Waals surface area contributed by atoms with Crippen LogP contribution in [0.25, 0.3) is 22.2 Å². The number of H-pyrrole nitrogens is 1. The van der Waals surface area contributed by atoms with E-state index in [4.69, 9.17) is 11.5 Å². The van der Waals surface area contributed by atoms with E-state index < -0.39 is 0 Å². The molecule has 84 valence electrons. The van der Waals surface area contributed by atoms with Gasteiger partial charge in [-0.1, -0.05) is 12.1 Å². The van der Waals surface area contributed by atoms with E-state index in [9.17, 15) is 0 Å². The predicted octanol–water partition coefficient (Wildman–Crippen LogP) is 2.39. The van der Waals surface area contributed by atoms with Gasteiger partial charge in [0.1, 0.15) is 0 Å². The van der Waals surface area contributed by atoms with Crippen LogP contribution in [0.5, 0.6) is 0 Å². The summed E-state index contributed by atoms with van der Waals surface area (Å²) in [6.07, 6.45) is 1.67. The molecule has 5 N–H and O–H groups in total. The molecule has 1 heterocycles. The largest absolute Gasteiger partial charge is 0.398 e. The number of fused-ring (bicyclic) bond motifs is 1. The summed E-state index contributed by atoms with van der Waals surface area (Å²) in [5.74, 6) is 0. The first-order chi connectivity index (χ1) is 8.25. The number of nitrogens with one attached hydrogen (secondary N) is 1. The van der Waals surface area contributed by atoms with Gasteiger partial charge < -0.3 is 16.5 Å². The number of aromatic nitrogens is 2. The summed E-state index contributed by atoms with van der Waals surface area (Å²) in [7, 11) is 0. The standard InChI is InChI=1S/C13H12N4/c14-9-2-1-3-10(15)13(9)8-4-5-11-12(6-8)17-7-16-11/h1-7H,14-15H2,(H,16,17). The van der Waals surface area contributed by atoms with E-state index in [1.165, 1.54) is 0 Å². The maximum absolute atomic E-state index is 5.97. The maximum Gasteiger partial charge on any atom is 0.0931 e. The quantitative estimate of drug-likeness (QED) is 0.555. The second-order valence-electron chi connectivity index (χ2n) is 3.95. The summed E-state index contributed by atoms with van der Waals surface area (Å²) in [5, 5.41) is 0. The van der Waals surface area contributed by atoms with Crippen molar-refractivity contribution in [3.05, 3.63) is 42.7 Å². The molecule has 0 radical (unpaired) electrons. The molecule has 17 heavy (non-hydrogen) atoms. The summed E-state index contributed by atoms with van der Waals surface area (Å²) in [6, 6.07) is 11.5. The van der Waals surface area contributed by atoms with Crippen LogP contribution in [0.1, 0.15) is 0 Å². The van der Waals surface area contributed by atoms with Crippen LogP contribution in [0.2, 0.25) is 0 Å². The molecule has 0 saturated heterocycles. The third kappa shape index (κ3) is 1.50. The minimum absolute atomic E-state index is 0.684. The Hall–Kier alpha value is -2.49. The van der Waals surface area contributed by atoms with Gasteiger partial charge in [-0.3, -0.25) is 0 Å². The molecule has 0 spiro atoms. The molecule has 4 heteroatoms. The molecule has 2 aromatic carbocycles. The number of nitrogens with two attached hydrogens (primary N) is 2. The second-order valence-corrected chi connectivity index (χ2v) is 3.95. The Morgan fingerprint density at radius 2 is 1.76 bits per heavy atom. The van der Waals surface area contributed by atoms with Crippen LogP contribution < -0.4 is 11.5 Å². The summed E-state index contributed by atoms with van der Waals surface area (Å²) < 4.78 is 0. The third-order valence-corrected chi connectivity index (χ3v) is 2.84. The molecule has 3 rings (SSSR count). The molecule has 0 fully saturated rings. The van der Waals surface area contributed by atoms with Crippen LogP contribution in [0.15, 0.2) is 42.7 Å². The highest BCUT2D eigenvalue weighted by Crippen LogP contribution is 2.32. The fraction of sp³-hybridized carbons (Fsp3) is 0. The zero-order valence-electron chi connectivity index (χ0n) is 9.14. The average Bonchev–Trinajstić information content (AvgIpc) is 2.76. The molecule has 0 aliphatic rings. The Kier molecular flexibility index (Phi) is 2.01. The van der Waals surface area contributed by atoms with Gasteiger partial charge in [-0.2, -0.15) is 0 Å². The van der Waals surface area contributed by atoms with Gasteiger partial charge in [0.25, 0.3) is 0 Å². The van der Waals surface area contributed by atoms with Crippen molar-refractivity contribution in [2.75, 3.05) is 11.5 Å². The zero-order chi connectivity index (χ0) is 11.8. The Balaban J connectivity index is 2.26. The summed E-state index contributed by atoms with van der Waals surface area (Å²) in [5.41, 5.74) is 17.1. The van der Waals surface area contributed by atoms with Gasteiger partial charge in [0, 0.05) is 16.9 Å². The van der Waals surface area contributed by atoms with E-state index in [-0.39, 0.29) is 0 Å². The van der Waals surface area contributed by atoms with Crippen LogP contribution in [0.3, 0.4) is 0 Å². The fourth-order valence-corrected chi connectivity index (χ4v) is 2.01. The number of aromatic amines is 1. The van der Waals surface area contributed by atoms with Gasteiger partial charge in [0.15, 0.2) is 0 Å². The van der Waals surface area contributed by atoms with Crippen molar-refractivity contribution in [2.45, 2.75) is 0 Å². The van der Waals surface area contributed by atoms with E-state index in [0.29, 0.717) is 11.4 Å². The number of rotatable bonds is 1. The van der Waals surface area contributed by atoms with Crippen LogP contribution in [0, 0.1) is 0 Å². The van der Waals surface area contributed by atoms with Gasteiger partial charge in [0.05, 0.1) is 17.4 Å². The molecule has 0 saturated carbocycles. The summed E-state index contributed by atoms with van der Waals surface area (Å²) >= 11 is 0. The third-order valence-electron chi connectivity index (χ3n) is 2.84. The van der Waals surface area contributed by atoms with Crippen molar-refractivity contribution in [1.82, 2.24) is 9.97 Å². The molecule has 3 aromatic rings. The van der Waals surface area contributed by atoms with Crippen molar-refractivity contribution in [3.63, 3.8) is 0 Å². The monoisotopic (exact) mass is 224 g/mol. The van der Waals surface area contributed by atoms with Gasteiger partial charge in [-0.05, 0) is 29.8 Å². The van der Waals surface area contributed by atoms with Crippen molar-refractivity contribution in [3.8, 4) is 11.1 Å². The molecular weight excluding hydrogens is 212 g/mol. The first-order valence-electron chi connectivity index (χ1n) is 5.33. The normalized spacial score (nSPS) is 10.8. The Morgan fingerprint density at radius 1 is 1.00 bits per heavy atom. The molecule has 1 aromatic heterocycles. The molecule has 0 aliphatic heterocycles. The number of hydrogen-bond donors (Lipinski definition) is 3. The maximum atomic E-state index is 5.97. The number of nitrogens with zero attached hydrogens (tertiary/aromatic N) is 1. The fourth-order valence-electron chi connectivity index (χ4n) is 2.01.